The second-order valence-electron chi connectivity index (χ2n) is 5.87. The fourth-order valence-electron chi connectivity index (χ4n) is 2.17. The number of amides is 2. The fraction of sp³-hybridized carbons (Fsp3) is 0.222. The Morgan fingerprint density at radius 2 is 1.67 bits per heavy atom. The van der Waals surface area contributed by atoms with Crippen LogP contribution in [0.15, 0.2) is 47.4 Å². The summed E-state index contributed by atoms with van der Waals surface area (Å²) < 4.78 is 25.6. The number of rotatable bonds is 6. The van der Waals surface area contributed by atoms with Gasteiger partial charge in [0.15, 0.2) is 0 Å². The smallest absolute Gasteiger partial charge is 0.257 e. The van der Waals surface area contributed by atoms with Crippen LogP contribution in [0.1, 0.15) is 23.7 Å². The molecule has 0 aliphatic carbocycles. The van der Waals surface area contributed by atoms with Gasteiger partial charge in [0, 0.05) is 31.9 Å². The van der Waals surface area contributed by atoms with Crippen LogP contribution < -0.4 is 10.6 Å². The molecule has 0 spiro atoms. The van der Waals surface area contributed by atoms with Crippen molar-refractivity contribution >= 4 is 44.8 Å². The van der Waals surface area contributed by atoms with E-state index in [0.29, 0.717) is 17.8 Å². The van der Waals surface area contributed by atoms with Gasteiger partial charge in [-0.15, -0.1) is 0 Å². The Kier molecular flexibility index (Phi) is 6.59. The lowest BCUT2D eigenvalue weighted by atomic mass is 10.2. The summed E-state index contributed by atoms with van der Waals surface area (Å²) in [4.78, 5) is 24.0. The number of sulfonamides is 1. The van der Waals surface area contributed by atoms with Crippen LogP contribution in [0.3, 0.4) is 0 Å². The molecular formula is C18H20ClN3O4S. The minimum atomic E-state index is -3.70. The number of benzene rings is 2. The molecule has 7 nitrogen and oxygen atoms in total. The number of carbonyl (C=O) groups is 2. The maximum absolute atomic E-state index is 12.6. The first-order valence-electron chi connectivity index (χ1n) is 8.08. The Labute approximate surface area is 163 Å². The summed E-state index contributed by atoms with van der Waals surface area (Å²) in [5.41, 5.74) is 1.00. The summed E-state index contributed by atoms with van der Waals surface area (Å²) in [6.45, 7) is 1.73. The fourth-order valence-corrected chi connectivity index (χ4v) is 3.30. The summed E-state index contributed by atoms with van der Waals surface area (Å²) in [5, 5.41) is 5.48. The standard InChI is InChI=1S/C18H20ClN3O4S/c1-4-17(23)20-12-6-5-7-13(10-12)21-18(24)15-11-14(8-9-16(15)19)27(25,26)22(2)3/h5-11H,4H2,1-3H3,(H,20,23)(H,21,24). The quantitative estimate of drug-likeness (QED) is 0.765. The van der Waals surface area contributed by atoms with Gasteiger partial charge in [0.25, 0.3) is 5.91 Å². The molecule has 2 aromatic rings. The van der Waals surface area contributed by atoms with Crippen molar-refractivity contribution in [1.82, 2.24) is 4.31 Å². The van der Waals surface area contributed by atoms with Crippen molar-refractivity contribution in [2.24, 2.45) is 0 Å². The average Bonchev–Trinajstić information content (AvgIpc) is 2.61. The van der Waals surface area contributed by atoms with E-state index >= 15 is 0 Å². The lowest BCUT2D eigenvalue weighted by Crippen LogP contribution is -2.23. The number of nitrogens with zero attached hydrogens (tertiary/aromatic N) is 1. The zero-order chi connectivity index (χ0) is 20.2. The van der Waals surface area contributed by atoms with E-state index in [1.165, 1.54) is 32.3 Å². The molecule has 2 amide bonds. The van der Waals surface area contributed by atoms with Crippen LogP contribution >= 0.6 is 11.6 Å². The SMILES string of the molecule is CCC(=O)Nc1cccc(NC(=O)c2cc(S(=O)(=O)N(C)C)ccc2Cl)c1. The van der Waals surface area contributed by atoms with E-state index in [1.807, 2.05) is 0 Å². The van der Waals surface area contributed by atoms with Gasteiger partial charge in [0.1, 0.15) is 0 Å². The van der Waals surface area contributed by atoms with Gasteiger partial charge < -0.3 is 10.6 Å². The molecule has 0 aromatic heterocycles. The number of anilines is 2. The van der Waals surface area contributed by atoms with Crippen molar-refractivity contribution in [2.75, 3.05) is 24.7 Å². The molecule has 0 saturated carbocycles. The molecule has 0 aliphatic heterocycles. The maximum Gasteiger partial charge on any atom is 0.257 e. The van der Waals surface area contributed by atoms with Crippen molar-refractivity contribution in [3.8, 4) is 0 Å². The van der Waals surface area contributed by atoms with Gasteiger partial charge in [-0.3, -0.25) is 9.59 Å². The highest BCUT2D eigenvalue weighted by atomic mass is 35.5. The lowest BCUT2D eigenvalue weighted by molar-refractivity contribution is -0.115. The Hall–Kier alpha value is -2.42. The molecule has 0 fully saturated rings. The van der Waals surface area contributed by atoms with Crippen LogP contribution in [0.5, 0.6) is 0 Å². The topological polar surface area (TPSA) is 95.6 Å². The summed E-state index contributed by atoms with van der Waals surface area (Å²) >= 11 is 6.08. The molecule has 0 aliphatic rings. The predicted molar refractivity (Wildman–Crippen MR) is 106 cm³/mol. The Bertz CT molecular complexity index is 974. The van der Waals surface area contributed by atoms with E-state index in [1.54, 1.807) is 31.2 Å². The molecule has 0 radical (unpaired) electrons. The molecule has 9 heteroatoms. The van der Waals surface area contributed by atoms with Gasteiger partial charge in [0.2, 0.25) is 15.9 Å². The van der Waals surface area contributed by atoms with E-state index in [0.717, 1.165) is 4.31 Å². The summed E-state index contributed by atoms with van der Waals surface area (Å²) in [6.07, 6.45) is 0.333. The Morgan fingerprint density at radius 1 is 1.04 bits per heavy atom. The van der Waals surface area contributed by atoms with Crippen LogP contribution in [-0.4, -0.2) is 38.6 Å². The minimum absolute atomic E-state index is 0.0302. The van der Waals surface area contributed by atoms with Gasteiger partial charge in [-0.05, 0) is 36.4 Å². The van der Waals surface area contributed by atoms with Crippen LogP contribution in [0.2, 0.25) is 5.02 Å². The Balaban J connectivity index is 2.29. The molecule has 0 atom stereocenters. The Morgan fingerprint density at radius 3 is 2.26 bits per heavy atom. The van der Waals surface area contributed by atoms with E-state index < -0.39 is 15.9 Å². The highest BCUT2D eigenvalue weighted by Crippen LogP contribution is 2.24. The number of halogens is 1. The number of nitrogens with one attached hydrogen (secondary N) is 2. The summed E-state index contributed by atoms with van der Waals surface area (Å²) in [5.74, 6) is -0.710. The molecule has 0 heterocycles. The van der Waals surface area contributed by atoms with Crippen molar-refractivity contribution in [1.29, 1.82) is 0 Å². The van der Waals surface area contributed by atoms with Gasteiger partial charge >= 0.3 is 0 Å². The average molecular weight is 410 g/mol. The van der Waals surface area contributed by atoms with Crippen LogP contribution in [0, 0.1) is 0 Å². The molecule has 0 bridgehead atoms. The van der Waals surface area contributed by atoms with E-state index in [2.05, 4.69) is 10.6 Å². The molecule has 144 valence electrons. The normalized spacial score (nSPS) is 11.3. The minimum Gasteiger partial charge on any atom is -0.326 e. The van der Waals surface area contributed by atoms with E-state index in [4.69, 9.17) is 11.6 Å². The highest BCUT2D eigenvalue weighted by molar-refractivity contribution is 7.89. The third kappa shape index (κ3) is 5.06. The van der Waals surface area contributed by atoms with Crippen LogP contribution in [0.25, 0.3) is 0 Å². The zero-order valence-corrected chi connectivity index (χ0v) is 16.7. The maximum atomic E-state index is 12.6. The van der Waals surface area contributed by atoms with E-state index in [-0.39, 0.29) is 21.4 Å². The van der Waals surface area contributed by atoms with Gasteiger partial charge in [-0.2, -0.15) is 0 Å². The lowest BCUT2D eigenvalue weighted by Gasteiger charge is -2.13. The van der Waals surface area contributed by atoms with Gasteiger partial charge in [0.05, 0.1) is 15.5 Å². The molecule has 2 aromatic carbocycles. The second-order valence-corrected chi connectivity index (χ2v) is 8.42. The molecule has 27 heavy (non-hydrogen) atoms. The van der Waals surface area contributed by atoms with Crippen molar-refractivity contribution in [3.63, 3.8) is 0 Å². The monoisotopic (exact) mass is 409 g/mol. The highest BCUT2D eigenvalue weighted by Gasteiger charge is 2.21. The third-order valence-electron chi connectivity index (χ3n) is 3.69. The number of hydrogen-bond donors (Lipinski definition) is 2. The van der Waals surface area contributed by atoms with Crippen LogP contribution in [0.4, 0.5) is 11.4 Å². The first-order chi connectivity index (χ1) is 12.6. The first kappa shape index (κ1) is 20.9. The first-order valence-corrected chi connectivity index (χ1v) is 9.90. The second kappa shape index (κ2) is 8.51. The predicted octanol–water partition coefficient (Wildman–Crippen LogP) is 3.19. The number of carbonyl (C=O) groups excluding carboxylic acids is 2. The summed E-state index contributed by atoms with van der Waals surface area (Å²) in [6, 6.07) is 10.6. The van der Waals surface area contributed by atoms with Crippen LogP contribution in [-0.2, 0) is 14.8 Å². The van der Waals surface area contributed by atoms with Crippen molar-refractivity contribution in [2.45, 2.75) is 18.2 Å². The molecule has 0 saturated heterocycles. The van der Waals surface area contributed by atoms with Gasteiger partial charge in [-0.25, -0.2) is 12.7 Å². The molecule has 0 unspecified atom stereocenters. The molecular weight excluding hydrogens is 390 g/mol. The van der Waals surface area contributed by atoms with E-state index in [9.17, 15) is 18.0 Å². The zero-order valence-electron chi connectivity index (χ0n) is 15.1. The number of hydrogen-bond acceptors (Lipinski definition) is 4. The van der Waals surface area contributed by atoms with Gasteiger partial charge in [-0.1, -0.05) is 24.6 Å². The molecule has 2 N–H and O–H groups in total. The largest absolute Gasteiger partial charge is 0.326 e. The summed E-state index contributed by atoms with van der Waals surface area (Å²) in [7, 11) is -0.893. The molecule has 2 rings (SSSR count). The third-order valence-corrected chi connectivity index (χ3v) is 5.83. The van der Waals surface area contributed by atoms with Crippen molar-refractivity contribution in [3.05, 3.63) is 53.1 Å². The van der Waals surface area contributed by atoms with Crippen molar-refractivity contribution < 1.29 is 18.0 Å².